The van der Waals surface area contributed by atoms with Crippen molar-refractivity contribution in [1.82, 2.24) is 5.32 Å². The van der Waals surface area contributed by atoms with Gasteiger partial charge in [-0.05, 0) is 18.2 Å². The van der Waals surface area contributed by atoms with Crippen LogP contribution in [0.4, 0.5) is 5.69 Å². The van der Waals surface area contributed by atoms with E-state index in [-0.39, 0.29) is 36.0 Å². The van der Waals surface area contributed by atoms with Gasteiger partial charge in [-0.3, -0.25) is 4.79 Å². The van der Waals surface area contributed by atoms with E-state index in [1.54, 1.807) is 0 Å². The van der Waals surface area contributed by atoms with Crippen LogP contribution in [0, 0.1) is 0 Å². The molecule has 2 fully saturated rings. The third-order valence-electron chi connectivity index (χ3n) is 3.52. The molecular formula is C12H13BrN2O3S. The molecule has 2 aliphatic heterocycles. The quantitative estimate of drug-likeness (QED) is 0.807. The molecule has 2 heterocycles. The molecule has 3 rings (SSSR count). The Hall–Kier alpha value is -1.08. The van der Waals surface area contributed by atoms with Gasteiger partial charge in [0.1, 0.15) is 0 Å². The molecule has 5 nitrogen and oxygen atoms in total. The number of fused-ring (bicyclic) bond motifs is 1. The lowest BCUT2D eigenvalue weighted by Crippen LogP contribution is -2.60. The predicted molar refractivity (Wildman–Crippen MR) is 75.9 cm³/mol. The molecule has 0 saturated carbocycles. The average molecular weight is 345 g/mol. The number of sulfone groups is 1. The van der Waals surface area contributed by atoms with Gasteiger partial charge in [0, 0.05) is 10.2 Å². The fourth-order valence-electron chi connectivity index (χ4n) is 2.74. The van der Waals surface area contributed by atoms with E-state index in [0.717, 1.165) is 10.2 Å². The van der Waals surface area contributed by atoms with Crippen LogP contribution in [0.15, 0.2) is 28.7 Å². The number of benzene rings is 1. The highest BCUT2D eigenvalue weighted by Crippen LogP contribution is 2.28. The third-order valence-corrected chi connectivity index (χ3v) is 5.73. The predicted octanol–water partition coefficient (Wildman–Crippen LogP) is 0.551. The highest BCUT2D eigenvalue weighted by Gasteiger charge is 2.45. The summed E-state index contributed by atoms with van der Waals surface area (Å²) in [7, 11) is -3.07. The van der Waals surface area contributed by atoms with Crippen molar-refractivity contribution in [3.63, 3.8) is 0 Å². The Bertz CT molecular complexity index is 632. The van der Waals surface area contributed by atoms with Crippen molar-refractivity contribution in [3.8, 4) is 0 Å². The number of nitrogens with zero attached hydrogens (tertiary/aromatic N) is 1. The first-order valence-electron chi connectivity index (χ1n) is 5.97. The molecule has 1 N–H and O–H groups in total. The van der Waals surface area contributed by atoms with E-state index in [4.69, 9.17) is 0 Å². The molecule has 1 aromatic rings. The van der Waals surface area contributed by atoms with E-state index < -0.39 is 9.84 Å². The number of carbonyl (C=O) groups excluding carboxylic acids is 1. The number of carbonyl (C=O) groups is 1. The Labute approximate surface area is 120 Å². The zero-order valence-corrected chi connectivity index (χ0v) is 12.4. The minimum absolute atomic E-state index is 0.0356. The summed E-state index contributed by atoms with van der Waals surface area (Å²) in [5.74, 6) is 0.0107. The van der Waals surface area contributed by atoms with Crippen LogP contribution in [0.5, 0.6) is 0 Å². The number of hydrogen-bond acceptors (Lipinski definition) is 4. The normalized spacial score (nSPS) is 28.9. The highest BCUT2D eigenvalue weighted by molar-refractivity contribution is 9.10. The summed E-state index contributed by atoms with van der Waals surface area (Å²) < 4.78 is 24.4. The number of halogens is 1. The Kier molecular flexibility index (Phi) is 3.05. The Balaban J connectivity index is 1.98. The summed E-state index contributed by atoms with van der Waals surface area (Å²) in [6.07, 6.45) is 0. The number of rotatable bonds is 1. The zero-order chi connectivity index (χ0) is 13.6. The molecule has 1 amide bonds. The lowest BCUT2D eigenvalue weighted by atomic mass is 10.1. The van der Waals surface area contributed by atoms with Crippen molar-refractivity contribution in [1.29, 1.82) is 0 Å². The van der Waals surface area contributed by atoms with Crippen LogP contribution < -0.4 is 10.2 Å². The van der Waals surface area contributed by atoms with Gasteiger partial charge in [-0.15, -0.1) is 0 Å². The van der Waals surface area contributed by atoms with E-state index in [9.17, 15) is 13.2 Å². The number of hydrogen-bond donors (Lipinski definition) is 1. The van der Waals surface area contributed by atoms with Gasteiger partial charge in [-0.25, -0.2) is 8.42 Å². The average Bonchev–Trinajstić information content (AvgIpc) is 2.62. The number of anilines is 1. The van der Waals surface area contributed by atoms with Gasteiger partial charge in [-0.2, -0.15) is 0 Å². The van der Waals surface area contributed by atoms with Crippen LogP contribution in [0.2, 0.25) is 0 Å². The largest absolute Gasteiger partial charge is 0.356 e. The van der Waals surface area contributed by atoms with Crippen LogP contribution in [0.25, 0.3) is 0 Å². The molecule has 102 valence electrons. The van der Waals surface area contributed by atoms with Gasteiger partial charge in [0.15, 0.2) is 9.84 Å². The lowest BCUT2D eigenvalue weighted by Gasteiger charge is -2.38. The maximum Gasteiger partial charge on any atom is 0.239 e. The zero-order valence-electron chi connectivity index (χ0n) is 10.0. The van der Waals surface area contributed by atoms with Gasteiger partial charge in [0.05, 0.1) is 30.1 Å². The smallest absolute Gasteiger partial charge is 0.239 e. The van der Waals surface area contributed by atoms with Crippen molar-refractivity contribution < 1.29 is 13.2 Å². The maximum absolute atomic E-state index is 11.8. The first kappa shape index (κ1) is 12.9. The van der Waals surface area contributed by atoms with Gasteiger partial charge in [-0.1, -0.05) is 22.0 Å². The van der Waals surface area contributed by atoms with Crippen molar-refractivity contribution in [2.75, 3.05) is 23.0 Å². The number of piperazine rings is 1. The Morgan fingerprint density at radius 2 is 2.11 bits per heavy atom. The minimum Gasteiger partial charge on any atom is -0.356 e. The molecule has 2 atom stereocenters. The van der Waals surface area contributed by atoms with E-state index in [0.29, 0.717) is 0 Å². The van der Waals surface area contributed by atoms with Crippen molar-refractivity contribution in [3.05, 3.63) is 28.7 Å². The van der Waals surface area contributed by atoms with Crippen molar-refractivity contribution >= 4 is 37.4 Å². The second kappa shape index (κ2) is 4.49. The summed E-state index contributed by atoms with van der Waals surface area (Å²) in [6, 6.07) is 7.11. The van der Waals surface area contributed by atoms with Gasteiger partial charge >= 0.3 is 0 Å². The van der Waals surface area contributed by atoms with E-state index in [1.807, 2.05) is 29.2 Å². The molecule has 0 spiro atoms. The van der Waals surface area contributed by atoms with Crippen LogP contribution in [0.1, 0.15) is 0 Å². The summed E-state index contributed by atoms with van der Waals surface area (Å²) in [4.78, 5) is 13.6. The molecule has 1 aromatic carbocycles. The monoisotopic (exact) mass is 344 g/mol. The van der Waals surface area contributed by atoms with E-state index >= 15 is 0 Å². The van der Waals surface area contributed by atoms with Gasteiger partial charge in [0.25, 0.3) is 0 Å². The fourth-order valence-corrected chi connectivity index (χ4v) is 5.04. The van der Waals surface area contributed by atoms with Gasteiger partial charge < -0.3 is 10.2 Å². The van der Waals surface area contributed by atoms with Gasteiger partial charge in [0.2, 0.25) is 5.91 Å². The number of nitrogens with one attached hydrogen (secondary N) is 1. The number of amides is 1. The summed E-state index contributed by atoms with van der Waals surface area (Å²) >= 11 is 3.39. The summed E-state index contributed by atoms with van der Waals surface area (Å²) in [5, 5.41) is 2.78. The lowest BCUT2D eigenvalue weighted by molar-refractivity contribution is -0.121. The molecule has 0 aromatic heterocycles. The molecular weight excluding hydrogens is 332 g/mol. The van der Waals surface area contributed by atoms with Crippen LogP contribution in [-0.4, -0.2) is 44.5 Å². The fraction of sp³-hybridized carbons (Fsp3) is 0.417. The van der Waals surface area contributed by atoms with Crippen molar-refractivity contribution in [2.24, 2.45) is 0 Å². The first-order valence-corrected chi connectivity index (χ1v) is 8.58. The minimum atomic E-state index is -3.07. The molecule has 2 aliphatic rings. The van der Waals surface area contributed by atoms with E-state index in [2.05, 4.69) is 21.2 Å². The molecule has 0 aliphatic carbocycles. The molecule has 0 radical (unpaired) electrons. The summed E-state index contributed by atoms with van der Waals surface area (Å²) in [6.45, 7) is 0.202. The second-order valence-electron chi connectivity index (χ2n) is 4.93. The first-order chi connectivity index (χ1) is 8.94. The topological polar surface area (TPSA) is 66.5 Å². The molecule has 19 heavy (non-hydrogen) atoms. The SMILES string of the molecule is O=C1CN(c2cccc(Br)c2)[C@H]2CS(=O)(=O)C[C@@H]2N1. The maximum atomic E-state index is 11.8. The Morgan fingerprint density at radius 1 is 1.32 bits per heavy atom. The second-order valence-corrected chi connectivity index (χ2v) is 8.00. The summed E-state index contributed by atoms with van der Waals surface area (Å²) in [5.41, 5.74) is 0.872. The van der Waals surface area contributed by atoms with Crippen LogP contribution in [0.3, 0.4) is 0 Å². The van der Waals surface area contributed by atoms with Crippen LogP contribution in [-0.2, 0) is 14.6 Å². The van der Waals surface area contributed by atoms with Crippen molar-refractivity contribution in [2.45, 2.75) is 12.1 Å². The van der Waals surface area contributed by atoms with E-state index in [1.165, 1.54) is 0 Å². The molecule has 2 saturated heterocycles. The Morgan fingerprint density at radius 3 is 2.84 bits per heavy atom. The van der Waals surface area contributed by atoms with Crippen LogP contribution >= 0.6 is 15.9 Å². The molecule has 0 unspecified atom stereocenters. The highest BCUT2D eigenvalue weighted by atomic mass is 79.9. The standard InChI is InChI=1S/C12H13BrN2O3S/c13-8-2-1-3-9(4-8)15-5-12(16)14-10-6-19(17,18)7-11(10)15/h1-4,10-11H,5-7H2,(H,14,16)/t10-,11-/m0/s1. The third kappa shape index (κ3) is 2.49. The molecule has 7 heteroatoms. The molecule has 0 bridgehead atoms.